The zero-order chi connectivity index (χ0) is 14.0. The molecule has 1 spiro atoms. The molecule has 1 N–H and O–H groups in total. The SMILES string of the molecule is Fc1ccc(C2CNCC3(CCCCCC3)O2)c(Cl)c1. The molecule has 3 rings (SSSR count). The summed E-state index contributed by atoms with van der Waals surface area (Å²) in [6, 6.07) is 4.58. The van der Waals surface area contributed by atoms with E-state index in [1.165, 1.54) is 37.8 Å². The van der Waals surface area contributed by atoms with E-state index >= 15 is 0 Å². The van der Waals surface area contributed by atoms with E-state index in [9.17, 15) is 4.39 Å². The summed E-state index contributed by atoms with van der Waals surface area (Å²) in [6.45, 7) is 1.66. The standard InChI is InChI=1S/C16H21ClFNO/c17-14-9-12(18)5-6-13(14)15-10-19-11-16(20-15)7-3-1-2-4-8-16/h5-6,9,15,19H,1-4,7-8,10-11H2. The summed E-state index contributed by atoms with van der Waals surface area (Å²) in [7, 11) is 0. The topological polar surface area (TPSA) is 21.3 Å². The summed E-state index contributed by atoms with van der Waals surface area (Å²) < 4.78 is 19.6. The fraction of sp³-hybridized carbons (Fsp3) is 0.625. The van der Waals surface area contributed by atoms with Gasteiger partial charge in [-0.1, -0.05) is 43.4 Å². The van der Waals surface area contributed by atoms with Crippen molar-refractivity contribution >= 4 is 11.6 Å². The van der Waals surface area contributed by atoms with Crippen LogP contribution in [0, 0.1) is 5.82 Å². The predicted molar refractivity (Wildman–Crippen MR) is 78.5 cm³/mol. The molecule has 1 heterocycles. The molecule has 0 amide bonds. The number of benzene rings is 1. The van der Waals surface area contributed by atoms with E-state index in [1.807, 2.05) is 0 Å². The van der Waals surface area contributed by atoms with Gasteiger partial charge < -0.3 is 10.1 Å². The maximum absolute atomic E-state index is 13.2. The van der Waals surface area contributed by atoms with Crippen LogP contribution in [0.25, 0.3) is 0 Å². The molecule has 1 unspecified atom stereocenters. The van der Waals surface area contributed by atoms with Gasteiger partial charge in [-0.25, -0.2) is 4.39 Å². The van der Waals surface area contributed by atoms with Crippen LogP contribution >= 0.6 is 11.6 Å². The summed E-state index contributed by atoms with van der Waals surface area (Å²) in [6.07, 6.45) is 7.19. The highest BCUT2D eigenvalue weighted by Crippen LogP contribution is 2.38. The number of hydrogen-bond donors (Lipinski definition) is 1. The third-order valence-electron chi connectivity index (χ3n) is 4.49. The first-order valence-corrected chi connectivity index (χ1v) is 7.90. The molecule has 1 aromatic carbocycles. The second-order valence-corrected chi connectivity index (χ2v) is 6.41. The Bertz CT molecular complexity index is 472. The molecule has 20 heavy (non-hydrogen) atoms. The monoisotopic (exact) mass is 297 g/mol. The number of morpholine rings is 1. The molecule has 4 heteroatoms. The molecule has 2 nitrogen and oxygen atoms in total. The summed E-state index contributed by atoms with van der Waals surface area (Å²) in [4.78, 5) is 0. The summed E-state index contributed by atoms with van der Waals surface area (Å²) in [5.74, 6) is -0.299. The van der Waals surface area contributed by atoms with E-state index < -0.39 is 0 Å². The van der Waals surface area contributed by atoms with E-state index in [4.69, 9.17) is 16.3 Å². The second-order valence-electron chi connectivity index (χ2n) is 6.00. The van der Waals surface area contributed by atoms with Crippen molar-refractivity contribution < 1.29 is 9.13 Å². The first-order chi connectivity index (χ1) is 9.69. The lowest BCUT2D eigenvalue weighted by molar-refractivity contribution is -0.126. The largest absolute Gasteiger partial charge is 0.364 e. The Balaban J connectivity index is 1.80. The van der Waals surface area contributed by atoms with Crippen molar-refractivity contribution in [1.82, 2.24) is 5.32 Å². The van der Waals surface area contributed by atoms with Gasteiger partial charge in [0.15, 0.2) is 0 Å². The molecule has 1 atom stereocenters. The molecule has 0 bridgehead atoms. The van der Waals surface area contributed by atoms with Crippen LogP contribution in [0.2, 0.25) is 5.02 Å². The maximum atomic E-state index is 13.2. The van der Waals surface area contributed by atoms with E-state index in [-0.39, 0.29) is 17.5 Å². The smallest absolute Gasteiger partial charge is 0.124 e. The minimum Gasteiger partial charge on any atom is -0.364 e. The molecule has 1 saturated carbocycles. The van der Waals surface area contributed by atoms with Crippen molar-refractivity contribution in [2.45, 2.75) is 50.2 Å². The van der Waals surface area contributed by atoms with Gasteiger partial charge in [0.05, 0.1) is 11.7 Å². The molecule has 1 aromatic rings. The fourth-order valence-electron chi connectivity index (χ4n) is 3.42. The van der Waals surface area contributed by atoms with Gasteiger partial charge in [-0.15, -0.1) is 0 Å². The van der Waals surface area contributed by atoms with Crippen LogP contribution in [0.15, 0.2) is 18.2 Å². The van der Waals surface area contributed by atoms with Crippen LogP contribution in [-0.4, -0.2) is 18.7 Å². The average molecular weight is 298 g/mol. The van der Waals surface area contributed by atoms with Gasteiger partial charge in [0.25, 0.3) is 0 Å². The Morgan fingerprint density at radius 1 is 1.20 bits per heavy atom. The number of rotatable bonds is 1. The van der Waals surface area contributed by atoms with E-state index in [0.29, 0.717) is 5.02 Å². The van der Waals surface area contributed by atoms with Gasteiger partial charge in [0.2, 0.25) is 0 Å². The number of hydrogen-bond acceptors (Lipinski definition) is 2. The lowest BCUT2D eigenvalue weighted by atomic mass is 9.91. The number of halogens is 2. The minimum absolute atomic E-state index is 0.0584. The lowest BCUT2D eigenvalue weighted by Crippen LogP contribution is -2.50. The minimum atomic E-state index is -0.299. The van der Waals surface area contributed by atoms with Gasteiger partial charge in [-0.05, 0) is 25.0 Å². The Morgan fingerprint density at radius 2 is 1.95 bits per heavy atom. The van der Waals surface area contributed by atoms with Crippen LogP contribution in [0.4, 0.5) is 4.39 Å². The van der Waals surface area contributed by atoms with E-state index in [0.717, 1.165) is 31.5 Å². The molecule has 110 valence electrons. The molecule has 0 radical (unpaired) electrons. The van der Waals surface area contributed by atoms with Crippen molar-refractivity contribution in [2.24, 2.45) is 0 Å². The molecule has 2 fully saturated rings. The van der Waals surface area contributed by atoms with Crippen LogP contribution < -0.4 is 5.32 Å². The highest BCUT2D eigenvalue weighted by atomic mass is 35.5. The normalized spacial score (nSPS) is 26.4. The second kappa shape index (κ2) is 6.00. The van der Waals surface area contributed by atoms with Gasteiger partial charge in [0.1, 0.15) is 5.82 Å². The van der Waals surface area contributed by atoms with Gasteiger partial charge in [0, 0.05) is 23.7 Å². The summed E-state index contributed by atoms with van der Waals surface area (Å²) in [5.41, 5.74) is 0.834. The average Bonchev–Trinajstić information content (AvgIpc) is 2.64. The first kappa shape index (κ1) is 14.3. The van der Waals surface area contributed by atoms with Gasteiger partial charge >= 0.3 is 0 Å². The quantitative estimate of drug-likeness (QED) is 0.837. The number of ether oxygens (including phenoxy) is 1. The first-order valence-electron chi connectivity index (χ1n) is 7.52. The zero-order valence-corrected chi connectivity index (χ0v) is 12.4. The van der Waals surface area contributed by atoms with Crippen molar-refractivity contribution in [3.63, 3.8) is 0 Å². The molecule has 1 aliphatic heterocycles. The number of nitrogens with one attached hydrogen (secondary N) is 1. The van der Waals surface area contributed by atoms with Crippen LogP contribution in [-0.2, 0) is 4.74 Å². The molecule has 1 aliphatic carbocycles. The van der Waals surface area contributed by atoms with Crippen LogP contribution in [0.3, 0.4) is 0 Å². The fourth-order valence-corrected chi connectivity index (χ4v) is 3.71. The molecular formula is C16H21ClFNO. The molecular weight excluding hydrogens is 277 g/mol. The molecule has 1 saturated heterocycles. The van der Waals surface area contributed by atoms with Crippen molar-refractivity contribution in [1.29, 1.82) is 0 Å². The summed E-state index contributed by atoms with van der Waals surface area (Å²) >= 11 is 6.17. The Hall–Kier alpha value is -0.640. The van der Waals surface area contributed by atoms with Crippen LogP contribution in [0.1, 0.15) is 50.2 Å². The van der Waals surface area contributed by atoms with E-state index in [1.54, 1.807) is 6.07 Å². The van der Waals surface area contributed by atoms with Crippen molar-refractivity contribution in [3.8, 4) is 0 Å². The van der Waals surface area contributed by atoms with Crippen LogP contribution in [0.5, 0.6) is 0 Å². The Kier molecular flexibility index (Phi) is 4.29. The van der Waals surface area contributed by atoms with Crippen molar-refractivity contribution in [3.05, 3.63) is 34.6 Å². The third kappa shape index (κ3) is 3.00. The highest BCUT2D eigenvalue weighted by Gasteiger charge is 2.38. The Morgan fingerprint density at radius 3 is 2.65 bits per heavy atom. The van der Waals surface area contributed by atoms with E-state index in [2.05, 4.69) is 5.32 Å². The van der Waals surface area contributed by atoms with Gasteiger partial charge in [-0.3, -0.25) is 0 Å². The van der Waals surface area contributed by atoms with Gasteiger partial charge in [-0.2, -0.15) is 0 Å². The highest BCUT2D eigenvalue weighted by molar-refractivity contribution is 6.31. The predicted octanol–water partition coefficient (Wildman–Crippen LogP) is 4.23. The third-order valence-corrected chi connectivity index (χ3v) is 4.82. The zero-order valence-electron chi connectivity index (χ0n) is 11.6. The molecule has 2 aliphatic rings. The Labute approximate surface area is 124 Å². The molecule has 0 aromatic heterocycles. The lowest BCUT2D eigenvalue weighted by Gasteiger charge is -2.42. The maximum Gasteiger partial charge on any atom is 0.124 e. The van der Waals surface area contributed by atoms with Crippen molar-refractivity contribution in [2.75, 3.05) is 13.1 Å². The summed E-state index contributed by atoms with van der Waals surface area (Å²) in [5, 5.41) is 3.95.